The van der Waals surface area contributed by atoms with Crippen molar-refractivity contribution in [3.63, 3.8) is 0 Å². The van der Waals surface area contributed by atoms with Gasteiger partial charge in [0.1, 0.15) is 11.9 Å². The molecule has 1 aliphatic carbocycles. The molecule has 1 atom stereocenters. The molecule has 0 saturated heterocycles. The van der Waals surface area contributed by atoms with Crippen LogP contribution in [0.3, 0.4) is 0 Å². The van der Waals surface area contributed by atoms with Crippen molar-refractivity contribution >= 4 is 11.6 Å². The van der Waals surface area contributed by atoms with E-state index in [0.717, 1.165) is 29.1 Å². The Morgan fingerprint density at radius 2 is 1.86 bits per heavy atom. The Bertz CT molecular complexity index is 1090. The molecule has 1 unspecified atom stereocenters. The third kappa shape index (κ3) is 2.90. The molecule has 2 heterocycles. The van der Waals surface area contributed by atoms with Crippen molar-refractivity contribution < 1.29 is 13.9 Å². The Kier molecular flexibility index (Phi) is 4.34. The number of methoxy groups -OCH3 is 1. The Hall–Kier alpha value is -3.15. The first-order valence-corrected chi connectivity index (χ1v) is 9.95. The van der Waals surface area contributed by atoms with Gasteiger partial charge in [0, 0.05) is 24.3 Å². The Morgan fingerprint density at radius 3 is 2.69 bits per heavy atom. The molecule has 5 nitrogen and oxygen atoms in total. The number of carbonyl (C=O) groups excluding carboxylic acids is 1. The predicted molar refractivity (Wildman–Crippen MR) is 109 cm³/mol. The number of benzene rings is 2. The molecular formula is C23H22FN3O2. The molecule has 1 aromatic heterocycles. The summed E-state index contributed by atoms with van der Waals surface area (Å²) in [6, 6.07) is 15.4. The van der Waals surface area contributed by atoms with Crippen molar-refractivity contribution in [3.8, 4) is 11.4 Å². The Labute approximate surface area is 168 Å². The van der Waals surface area contributed by atoms with Crippen LogP contribution < -0.4 is 9.64 Å². The summed E-state index contributed by atoms with van der Waals surface area (Å²) in [6.45, 7) is 0.618. The zero-order chi connectivity index (χ0) is 20.0. The average Bonchev–Trinajstić information content (AvgIpc) is 3.34. The van der Waals surface area contributed by atoms with Gasteiger partial charge in [0.05, 0.1) is 18.5 Å². The zero-order valence-electron chi connectivity index (χ0n) is 16.3. The summed E-state index contributed by atoms with van der Waals surface area (Å²) in [5.41, 5.74) is 4.37. The van der Waals surface area contributed by atoms with Crippen molar-refractivity contribution in [1.29, 1.82) is 0 Å². The fourth-order valence-electron chi connectivity index (χ4n) is 4.40. The van der Waals surface area contributed by atoms with Gasteiger partial charge in [-0.05, 0) is 43.0 Å². The van der Waals surface area contributed by atoms with Gasteiger partial charge in [-0.2, -0.15) is 0 Å². The van der Waals surface area contributed by atoms with E-state index < -0.39 is 6.17 Å². The number of hydrogen-bond acceptors (Lipinski definition) is 3. The number of nitrogens with zero attached hydrogens (tertiary/aromatic N) is 3. The van der Waals surface area contributed by atoms with Crippen LogP contribution in [0, 0.1) is 0 Å². The highest BCUT2D eigenvalue weighted by Crippen LogP contribution is 2.34. The van der Waals surface area contributed by atoms with Gasteiger partial charge in [-0.25, -0.2) is 9.37 Å². The maximum atomic E-state index is 14.3. The second-order valence-electron chi connectivity index (χ2n) is 7.51. The quantitative estimate of drug-likeness (QED) is 0.680. The summed E-state index contributed by atoms with van der Waals surface area (Å²) in [4.78, 5) is 20.1. The van der Waals surface area contributed by atoms with E-state index >= 15 is 0 Å². The number of aromatic nitrogens is 2. The smallest absolute Gasteiger partial charge is 0.294 e. The molecule has 6 heteroatoms. The SMILES string of the molecule is COc1ccccc1-n1c(C(=O)N2CCc3ccccc32)nc2c1CC(F)CC2. The van der Waals surface area contributed by atoms with Gasteiger partial charge in [-0.3, -0.25) is 9.36 Å². The van der Waals surface area contributed by atoms with Gasteiger partial charge in [-0.15, -0.1) is 0 Å². The lowest BCUT2D eigenvalue weighted by atomic mass is 9.99. The molecule has 148 valence electrons. The summed E-state index contributed by atoms with van der Waals surface area (Å²) in [5, 5.41) is 0. The van der Waals surface area contributed by atoms with Gasteiger partial charge >= 0.3 is 0 Å². The molecule has 29 heavy (non-hydrogen) atoms. The highest BCUT2D eigenvalue weighted by atomic mass is 19.1. The minimum Gasteiger partial charge on any atom is -0.495 e. The lowest BCUT2D eigenvalue weighted by Crippen LogP contribution is -2.31. The highest BCUT2D eigenvalue weighted by molar-refractivity contribution is 6.05. The van der Waals surface area contributed by atoms with Crippen LogP contribution in [0.1, 0.15) is 34.0 Å². The van der Waals surface area contributed by atoms with Gasteiger partial charge in [-0.1, -0.05) is 30.3 Å². The molecular weight excluding hydrogens is 369 g/mol. The fraction of sp³-hybridized carbons (Fsp3) is 0.304. The lowest BCUT2D eigenvalue weighted by Gasteiger charge is -2.21. The van der Waals surface area contributed by atoms with Crippen LogP contribution in [0.5, 0.6) is 5.75 Å². The molecule has 2 aliphatic rings. The molecule has 0 radical (unpaired) electrons. The van der Waals surface area contributed by atoms with Crippen LogP contribution in [0.25, 0.3) is 5.69 Å². The average molecular weight is 391 g/mol. The number of aryl methyl sites for hydroxylation is 1. The maximum absolute atomic E-state index is 14.3. The Balaban J connectivity index is 1.67. The van der Waals surface area contributed by atoms with Gasteiger partial charge in [0.25, 0.3) is 5.91 Å². The zero-order valence-corrected chi connectivity index (χ0v) is 16.3. The summed E-state index contributed by atoms with van der Waals surface area (Å²) < 4.78 is 21.6. The number of alkyl halides is 1. The summed E-state index contributed by atoms with van der Waals surface area (Å²) in [5.74, 6) is 0.792. The second kappa shape index (κ2) is 7.03. The topological polar surface area (TPSA) is 47.4 Å². The molecule has 3 aromatic rings. The largest absolute Gasteiger partial charge is 0.495 e. The van der Waals surface area contributed by atoms with Crippen LogP contribution >= 0.6 is 0 Å². The number of imidazole rings is 1. The molecule has 5 rings (SSSR count). The molecule has 2 aromatic carbocycles. The molecule has 0 bridgehead atoms. The monoisotopic (exact) mass is 391 g/mol. The van der Waals surface area contributed by atoms with E-state index in [0.29, 0.717) is 36.6 Å². The number of halogens is 1. The molecule has 0 N–H and O–H groups in total. The van der Waals surface area contributed by atoms with E-state index in [1.807, 2.05) is 53.1 Å². The minimum absolute atomic E-state index is 0.161. The van der Waals surface area contributed by atoms with Gasteiger partial charge in [0.2, 0.25) is 5.82 Å². The number of anilines is 1. The number of amides is 1. The minimum atomic E-state index is -0.928. The van der Waals surface area contributed by atoms with Crippen molar-refractivity contribution in [3.05, 3.63) is 71.3 Å². The lowest BCUT2D eigenvalue weighted by molar-refractivity contribution is 0.0977. The number of rotatable bonds is 3. The van der Waals surface area contributed by atoms with Gasteiger partial charge < -0.3 is 9.64 Å². The number of fused-ring (bicyclic) bond motifs is 2. The van der Waals surface area contributed by atoms with Crippen LogP contribution in [0.4, 0.5) is 10.1 Å². The first-order valence-electron chi connectivity index (χ1n) is 9.95. The number of hydrogen-bond donors (Lipinski definition) is 0. The number of para-hydroxylation sites is 3. The fourth-order valence-corrected chi connectivity index (χ4v) is 4.40. The van der Waals surface area contributed by atoms with E-state index in [2.05, 4.69) is 0 Å². The van der Waals surface area contributed by atoms with Crippen LogP contribution in [-0.2, 0) is 19.3 Å². The van der Waals surface area contributed by atoms with Crippen LogP contribution in [0.2, 0.25) is 0 Å². The van der Waals surface area contributed by atoms with Crippen molar-refractivity contribution in [2.45, 2.75) is 31.9 Å². The van der Waals surface area contributed by atoms with Crippen molar-refractivity contribution in [2.24, 2.45) is 0 Å². The first kappa shape index (κ1) is 17.9. The molecule has 1 amide bonds. The first-order chi connectivity index (χ1) is 14.2. The molecule has 0 spiro atoms. The maximum Gasteiger partial charge on any atom is 0.294 e. The van der Waals surface area contributed by atoms with Gasteiger partial charge in [0.15, 0.2) is 0 Å². The summed E-state index contributed by atoms with van der Waals surface area (Å²) in [7, 11) is 1.60. The van der Waals surface area contributed by atoms with E-state index in [-0.39, 0.29) is 12.3 Å². The van der Waals surface area contributed by atoms with E-state index in [1.165, 1.54) is 0 Å². The third-order valence-electron chi connectivity index (χ3n) is 5.81. The molecule has 0 saturated carbocycles. The normalized spacial score (nSPS) is 17.7. The highest BCUT2D eigenvalue weighted by Gasteiger charge is 2.33. The van der Waals surface area contributed by atoms with Crippen LogP contribution in [-0.4, -0.2) is 35.3 Å². The molecule has 0 fully saturated rings. The van der Waals surface area contributed by atoms with Crippen molar-refractivity contribution in [1.82, 2.24) is 9.55 Å². The standard InChI is InChI=1S/C23H22FN3O2/c1-29-21-9-5-4-8-19(21)27-20-14-16(24)10-11-17(20)25-22(27)23(28)26-13-12-15-6-2-3-7-18(15)26/h2-9,16H,10-14H2,1H3. The summed E-state index contributed by atoms with van der Waals surface area (Å²) in [6.07, 6.45) is 1.13. The predicted octanol–water partition coefficient (Wildman–Crippen LogP) is 3.91. The van der Waals surface area contributed by atoms with Crippen molar-refractivity contribution in [2.75, 3.05) is 18.6 Å². The Morgan fingerprint density at radius 1 is 1.10 bits per heavy atom. The summed E-state index contributed by atoms with van der Waals surface area (Å²) >= 11 is 0. The molecule has 1 aliphatic heterocycles. The van der Waals surface area contributed by atoms with E-state index in [1.54, 1.807) is 12.0 Å². The van der Waals surface area contributed by atoms with E-state index in [9.17, 15) is 9.18 Å². The number of ether oxygens (including phenoxy) is 1. The van der Waals surface area contributed by atoms with E-state index in [4.69, 9.17) is 9.72 Å². The van der Waals surface area contributed by atoms with Crippen LogP contribution in [0.15, 0.2) is 48.5 Å². The number of carbonyl (C=O) groups is 1. The third-order valence-corrected chi connectivity index (χ3v) is 5.81. The second-order valence-corrected chi connectivity index (χ2v) is 7.51.